The molecule has 0 bridgehead atoms. The molecule has 0 atom stereocenters. The summed E-state index contributed by atoms with van der Waals surface area (Å²) in [6.45, 7) is 8.36. The number of hydrogen-bond donors (Lipinski definition) is 0. The monoisotopic (exact) mass is 1950 g/mol. The van der Waals surface area contributed by atoms with Crippen molar-refractivity contribution in [2.24, 2.45) is 0 Å². The van der Waals surface area contributed by atoms with E-state index in [0.29, 0.717) is 0 Å². The summed E-state index contributed by atoms with van der Waals surface area (Å²) < 4.78 is 14.9. The number of aromatic nitrogens is 10. The molecule has 1 aliphatic heterocycles. The molecule has 661 valence electrons. The topological polar surface area (TPSA) is 147 Å². The second kappa shape index (κ2) is 41.7. The van der Waals surface area contributed by atoms with Gasteiger partial charge in [-0.15, -0.1) is 0 Å². The molecule has 22 rings (SSSR count). The maximum atomic E-state index is 6.48. The van der Waals surface area contributed by atoms with E-state index in [1.807, 2.05) is 142 Å². The Morgan fingerprint density at radius 1 is 0.167 bits per heavy atom. The Balaban J connectivity index is 0.000000166. The fourth-order valence-corrected chi connectivity index (χ4v) is 18.0. The fraction of sp³-hybridized carbons (Fsp3) is 0.0492. The van der Waals surface area contributed by atoms with Crippen LogP contribution in [0, 0.1) is 0 Å². The zero-order valence-corrected chi connectivity index (χ0v) is 80.6. The third-order valence-corrected chi connectivity index (χ3v) is 26.0. The first-order chi connectivity index (χ1) is 67.1. The van der Waals surface area contributed by atoms with Crippen molar-refractivity contribution < 1.29 is 27.9 Å². The largest absolute Gasteiger partial charge is 0.494 e. The van der Waals surface area contributed by atoms with Crippen LogP contribution in [0.4, 0.5) is 0 Å². The normalized spacial score (nSPS) is 12.3. The Bertz CT molecular complexity index is 7250. The maximum Gasteiger partial charge on any atom is 0.494 e. The van der Waals surface area contributed by atoms with E-state index in [9.17, 15) is 0 Å². The standard InChI is InChI=1S/C72H48N6.C34H31BN2O2.C16H10Br2N2.V/c1-10-49(59-20-6-24-73-41-59)28-53(14-1)63-33-64(54-15-2-11-50(29-54)60-21-7-25-74-42-60)36-67(35-63)71-39-69(45-77-47-71)57-18-5-19-58(32-57)70-40-72(48-78-46-70)68-37-65(55-16-3-12-51(30-55)61-22-8-26-75-43-61)34-66(38-68)56-17-4-13-52(31-56)62-23-9-27-76-44-62;1-33(2)34(3,4)39-35(38-33)32-20-30(26-11-5-9-24(17-26)28-13-7-15-36-22-28)19-31(21-32)27-12-6-10-25(18-27)29-14-8-16-37-23-29;17-15-5-13(7-19-9-15)11-2-1-3-12(4-11)14-6-16(18)10-20-8-14;/h1-48H;5-23H,1-4H3;1-10H;. The van der Waals surface area contributed by atoms with Crippen LogP contribution in [0.2, 0.25) is 0 Å². The quantitative estimate of drug-likeness (QED) is 0.0710. The van der Waals surface area contributed by atoms with Crippen molar-refractivity contribution in [2.75, 3.05) is 0 Å². The van der Waals surface area contributed by atoms with E-state index in [-0.39, 0.29) is 18.6 Å². The number of halogens is 2. The molecule has 0 amide bonds. The van der Waals surface area contributed by atoms with E-state index in [0.717, 1.165) is 215 Å². The molecule has 1 fully saturated rings. The molecule has 16 heteroatoms. The summed E-state index contributed by atoms with van der Waals surface area (Å²) in [5, 5.41) is 0. The van der Waals surface area contributed by atoms with Crippen molar-refractivity contribution >= 4 is 44.4 Å². The molecule has 0 saturated carbocycles. The smallest absolute Gasteiger partial charge is 0.399 e. The molecule has 1 radical (unpaired) electrons. The van der Waals surface area contributed by atoms with Crippen molar-refractivity contribution in [3.8, 4) is 200 Å². The summed E-state index contributed by atoms with van der Waals surface area (Å²) in [4.78, 5) is 44.4. The molecular weight excluding hydrogens is 1860 g/mol. The summed E-state index contributed by atoms with van der Waals surface area (Å²) in [6, 6.07) is 122. The van der Waals surface area contributed by atoms with Crippen LogP contribution in [0.3, 0.4) is 0 Å². The predicted octanol–water partition coefficient (Wildman–Crippen LogP) is 30.8. The van der Waals surface area contributed by atoms with Crippen molar-refractivity contribution in [2.45, 2.75) is 38.9 Å². The molecule has 11 heterocycles. The van der Waals surface area contributed by atoms with E-state index in [2.05, 4.69) is 403 Å². The van der Waals surface area contributed by atoms with Gasteiger partial charge in [-0.25, -0.2) is 0 Å². The van der Waals surface area contributed by atoms with Gasteiger partial charge in [-0.2, -0.15) is 0 Å². The number of pyridine rings is 10. The third-order valence-electron chi connectivity index (χ3n) is 25.1. The Morgan fingerprint density at radius 2 is 0.312 bits per heavy atom. The molecule has 0 unspecified atom stereocenters. The van der Waals surface area contributed by atoms with E-state index < -0.39 is 18.3 Å². The molecular formula is C122H89BBr2N10O2V. The molecule has 12 nitrogen and oxygen atoms in total. The minimum atomic E-state index is -0.461. The minimum Gasteiger partial charge on any atom is -0.399 e. The van der Waals surface area contributed by atoms with Crippen molar-refractivity contribution in [1.29, 1.82) is 0 Å². The summed E-state index contributed by atoms with van der Waals surface area (Å²) in [7, 11) is -0.461. The zero-order chi connectivity index (χ0) is 93.0. The van der Waals surface area contributed by atoms with Gasteiger partial charge < -0.3 is 9.31 Å². The van der Waals surface area contributed by atoms with Gasteiger partial charge >= 0.3 is 7.12 Å². The van der Waals surface area contributed by atoms with Crippen molar-refractivity contribution in [1.82, 2.24) is 49.8 Å². The SMILES string of the molecule is Brc1cncc(-c2cccc(-c3cncc(Br)c3)c2)c1.CC1(C)OB(c2cc(-c3cccc(-c4cccnc4)c3)cc(-c3cccc(-c4cccnc4)c3)c2)OC1(C)C.[V].c1cncc(-c2cccc(-c3cc(-c4cccc(-c5cccnc5)c4)cc(-c4cncc(-c5cccc(-c6cncc(-c7cc(-c8cccc(-c9cccnc9)c8)cc(-c8cccc(-c9cccnc9)c8)c7)c6)c5)c4)c3)c2)c1. The zero-order valence-electron chi connectivity index (χ0n) is 76.0. The first-order valence-electron chi connectivity index (χ1n) is 45.3. The average molecular weight is 1950 g/mol. The van der Waals surface area contributed by atoms with Gasteiger partial charge in [-0.3, -0.25) is 49.8 Å². The fourth-order valence-electron chi connectivity index (χ4n) is 17.2. The molecule has 1 saturated heterocycles. The summed E-state index contributed by atoms with van der Waals surface area (Å²) >= 11 is 6.91. The van der Waals surface area contributed by atoms with Gasteiger partial charge in [-0.1, -0.05) is 194 Å². The van der Waals surface area contributed by atoms with Gasteiger partial charge in [-0.05, 0) is 350 Å². The third kappa shape index (κ3) is 21.4. The van der Waals surface area contributed by atoms with E-state index in [1.165, 1.54) is 0 Å². The van der Waals surface area contributed by atoms with E-state index in [1.54, 1.807) is 24.8 Å². The average Bonchev–Trinajstić information content (AvgIpc) is 1.56. The van der Waals surface area contributed by atoms with Gasteiger partial charge in [0.1, 0.15) is 0 Å². The van der Waals surface area contributed by atoms with Crippen molar-refractivity contribution in [3.05, 3.63) is 479 Å². The van der Waals surface area contributed by atoms with E-state index in [4.69, 9.17) is 19.3 Å². The summed E-state index contributed by atoms with van der Waals surface area (Å²) in [6.07, 6.45) is 37.4. The van der Waals surface area contributed by atoms with Crippen LogP contribution in [0.15, 0.2) is 479 Å². The number of rotatable bonds is 19. The summed E-state index contributed by atoms with van der Waals surface area (Å²) in [5.74, 6) is 0. The molecule has 0 N–H and O–H groups in total. The Hall–Kier alpha value is -15.6. The van der Waals surface area contributed by atoms with Crippen LogP contribution in [0.25, 0.3) is 200 Å². The minimum absolute atomic E-state index is 0. The predicted molar refractivity (Wildman–Crippen MR) is 566 cm³/mol. The van der Waals surface area contributed by atoms with Crippen LogP contribution in [0.5, 0.6) is 0 Å². The van der Waals surface area contributed by atoms with Crippen LogP contribution >= 0.6 is 31.9 Å². The molecule has 1 aliphatic rings. The second-order valence-electron chi connectivity index (χ2n) is 34.8. The van der Waals surface area contributed by atoms with Gasteiger partial charge in [0, 0.05) is 218 Å². The van der Waals surface area contributed by atoms with E-state index >= 15 is 0 Å². The number of hydrogen-bond acceptors (Lipinski definition) is 12. The van der Waals surface area contributed by atoms with Gasteiger partial charge in [0.25, 0.3) is 0 Å². The Labute approximate surface area is 833 Å². The summed E-state index contributed by atoms with van der Waals surface area (Å²) in [5.41, 5.74) is 39.4. The molecule has 138 heavy (non-hydrogen) atoms. The second-order valence-corrected chi connectivity index (χ2v) is 36.7. The van der Waals surface area contributed by atoms with Crippen LogP contribution in [-0.4, -0.2) is 68.2 Å². The maximum absolute atomic E-state index is 6.48. The molecule has 11 aromatic carbocycles. The van der Waals surface area contributed by atoms with Crippen LogP contribution < -0.4 is 5.46 Å². The van der Waals surface area contributed by atoms with Gasteiger partial charge in [0.2, 0.25) is 0 Å². The van der Waals surface area contributed by atoms with Crippen LogP contribution in [-0.2, 0) is 27.9 Å². The molecule has 0 spiro atoms. The number of nitrogens with zero attached hydrogens (tertiary/aromatic N) is 10. The molecule has 10 aromatic heterocycles. The number of benzene rings is 11. The first kappa shape index (κ1) is 91.6. The van der Waals surface area contributed by atoms with Crippen molar-refractivity contribution in [3.63, 3.8) is 0 Å². The Kier molecular flexibility index (Phi) is 27.7. The van der Waals surface area contributed by atoms with Gasteiger partial charge in [0.15, 0.2) is 0 Å². The molecule has 21 aromatic rings. The van der Waals surface area contributed by atoms with Gasteiger partial charge in [0.05, 0.1) is 11.2 Å². The van der Waals surface area contributed by atoms with Crippen LogP contribution in [0.1, 0.15) is 27.7 Å². The first-order valence-corrected chi connectivity index (χ1v) is 46.9. The Morgan fingerprint density at radius 3 is 0.514 bits per heavy atom. The molecule has 0 aliphatic carbocycles.